The molecule has 0 radical (unpaired) electrons. The Hall–Kier alpha value is -2.84. The number of phenolic OH excluding ortho intramolecular Hbond substituents is 1. The van der Waals surface area contributed by atoms with Crippen LogP contribution in [0.25, 0.3) is 0 Å². The lowest BCUT2D eigenvalue weighted by atomic mass is 9.39. The number of anilines is 1. The maximum Gasteiger partial charge on any atom is 0.143 e. The van der Waals surface area contributed by atoms with Crippen molar-refractivity contribution in [1.82, 2.24) is 0 Å². The molecule has 2 heteroatoms. The van der Waals surface area contributed by atoms with Crippen LogP contribution in [0.15, 0.2) is 42.5 Å². The van der Waals surface area contributed by atoms with Crippen molar-refractivity contribution in [2.45, 2.75) is 57.8 Å². The van der Waals surface area contributed by atoms with Gasteiger partial charge in [-0.1, -0.05) is 43.9 Å². The fourth-order valence-corrected chi connectivity index (χ4v) is 7.70. The van der Waals surface area contributed by atoms with Crippen molar-refractivity contribution in [3.05, 3.63) is 59.2 Å². The van der Waals surface area contributed by atoms with Gasteiger partial charge in [0.15, 0.2) is 0 Å². The molecule has 2 aromatic carbocycles. The molecule has 4 fully saturated rings. The molecule has 2 atom stereocenters. The van der Waals surface area contributed by atoms with Gasteiger partial charge in [0.2, 0.25) is 0 Å². The third-order valence-electron chi connectivity index (χ3n) is 7.61. The van der Waals surface area contributed by atoms with Crippen LogP contribution >= 0.6 is 0 Å². The first-order valence-corrected chi connectivity index (χ1v) is 11.0. The molecule has 4 aliphatic carbocycles. The maximum atomic E-state index is 11.1. The molecule has 0 saturated heterocycles. The molecule has 0 heterocycles. The van der Waals surface area contributed by atoms with E-state index in [0.717, 1.165) is 41.9 Å². The molecule has 4 aliphatic rings. The second-order valence-corrected chi connectivity index (χ2v) is 10.7. The molecular weight excluding hydrogens is 366 g/mol. The van der Waals surface area contributed by atoms with Crippen LogP contribution in [0, 0.1) is 40.4 Å². The van der Waals surface area contributed by atoms with Crippen LogP contribution in [0.2, 0.25) is 0 Å². The van der Waals surface area contributed by atoms with Gasteiger partial charge < -0.3 is 10.8 Å². The molecule has 2 nitrogen and oxygen atoms in total. The second kappa shape index (κ2) is 6.58. The summed E-state index contributed by atoms with van der Waals surface area (Å²) in [7, 11) is 0. The largest absolute Gasteiger partial charge is 0.505 e. The van der Waals surface area contributed by atoms with Crippen molar-refractivity contribution in [1.29, 1.82) is 0 Å². The van der Waals surface area contributed by atoms with Gasteiger partial charge in [0.05, 0.1) is 5.69 Å². The summed E-state index contributed by atoms with van der Waals surface area (Å²) in [5, 5.41) is 11.1. The van der Waals surface area contributed by atoms with Crippen LogP contribution in [0.3, 0.4) is 0 Å². The van der Waals surface area contributed by atoms with Gasteiger partial charge in [0.1, 0.15) is 5.75 Å². The minimum Gasteiger partial charge on any atom is -0.505 e. The zero-order chi connectivity index (χ0) is 21.0. The fourth-order valence-electron chi connectivity index (χ4n) is 7.70. The molecule has 6 rings (SSSR count). The van der Waals surface area contributed by atoms with E-state index in [4.69, 9.17) is 5.73 Å². The minimum atomic E-state index is -0.0285. The number of hydrogen-bond acceptors (Lipinski definition) is 2. The average Bonchev–Trinajstić information content (AvgIpc) is 2.65. The molecule has 2 aromatic rings. The molecule has 30 heavy (non-hydrogen) atoms. The van der Waals surface area contributed by atoms with Gasteiger partial charge in [-0.05, 0) is 91.4 Å². The Morgan fingerprint density at radius 1 is 0.867 bits per heavy atom. The van der Waals surface area contributed by atoms with Crippen molar-refractivity contribution < 1.29 is 5.11 Å². The van der Waals surface area contributed by atoms with Crippen LogP contribution in [-0.2, 0) is 5.41 Å². The smallest absolute Gasteiger partial charge is 0.143 e. The molecule has 2 unspecified atom stereocenters. The number of benzene rings is 2. The first-order chi connectivity index (χ1) is 14.3. The predicted octanol–water partition coefficient (Wildman–Crippen LogP) is 5.63. The Morgan fingerprint density at radius 2 is 1.53 bits per heavy atom. The number of phenols is 1. The van der Waals surface area contributed by atoms with Gasteiger partial charge in [-0.2, -0.15) is 0 Å². The molecule has 0 aliphatic heterocycles. The minimum absolute atomic E-state index is 0.0285. The normalized spacial score (nSPS) is 33.3. The van der Waals surface area contributed by atoms with E-state index in [9.17, 15) is 5.11 Å². The van der Waals surface area contributed by atoms with Crippen LogP contribution in [-0.4, -0.2) is 5.11 Å². The highest BCUT2D eigenvalue weighted by molar-refractivity contribution is 5.65. The van der Waals surface area contributed by atoms with Gasteiger partial charge in [0, 0.05) is 22.1 Å². The van der Waals surface area contributed by atoms with Crippen LogP contribution in [0.4, 0.5) is 5.69 Å². The highest BCUT2D eigenvalue weighted by Crippen LogP contribution is 2.70. The van der Waals surface area contributed by atoms with Crippen molar-refractivity contribution in [2.75, 3.05) is 5.73 Å². The lowest BCUT2D eigenvalue weighted by Crippen LogP contribution is -2.57. The first-order valence-electron chi connectivity index (χ1n) is 11.0. The van der Waals surface area contributed by atoms with E-state index in [-0.39, 0.29) is 11.2 Å². The van der Waals surface area contributed by atoms with Crippen LogP contribution in [0.5, 0.6) is 5.75 Å². The maximum absolute atomic E-state index is 11.1. The highest BCUT2D eigenvalue weighted by atomic mass is 16.3. The Balaban J connectivity index is 1.58. The summed E-state index contributed by atoms with van der Waals surface area (Å²) in [6.45, 7) is 4.90. The monoisotopic (exact) mass is 395 g/mol. The van der Waals surface area contributed by atoms with E-state index in [1.807, 2.05) is 36.4 Å². The van der Waals surface area contributed by atoms with E-state index in [2.05, 4.69) is 37.5 Å². The quantitative estimate of drug-likeness (QED) is 0.374. The molecule has 4 bridgehead atoms. The Labute approximate surface area is 179 Å². The van der Waals surface area contributed by atoms with E-state index in [1.165, 1.54) is 19.3 Å². The molecular formula is C28H29NO. The summed E-state index contributed by atoms with van der Waals surface area (Å²) >= 11 is 0. The summed E-state index contributed by atoms with van der Waals surface area (Å²) in [5.74, 6) is 13.3. The Morgan fingerprint density at radius 3 is 2.20 bits per heavy atom. The van der Waals surface area contributed by atoms with E-state index >= 15 is 0 Å². The SMILES string of the molecule is CC12CC3CC(C)(C1)CC(c1c(C#CC#Cc4ccccc4)ccc(N)c1O)(C3)C2. The van der Waals surface area contributed by atoms with Gasteiger partial charge in [-0.15, -0.1) is 0 Å². The van der Waals surface area contributed by atoms with Crippen molar-refractivity contribution >= 4 is 5.69 Å². The predicted molar refractivity (Wildman–Crippen MR) is 122 cm³/mol. The summed E-state index contributed by atoms with van der Waals surface area (Å²) < 4.78 is 0. The van der Waals surface area contributed by atoms with Gasteiger partial charge >= 0.3 is 0 Å². The highest BCUT2D eigenvalue weighted by Gasteiger charge is 2.61. The first kappa shape index (κ1) is 19.1. The topological polar surface area (TPSA) is 46.2 Å². The summed E-state index contributed by atoms with van der Waals surface area (Å²) in [4.78, 5) is 0. The Bertz CT molecular complexity index is 1110. The number of nitrogen functional groups attached to an aromatic ring is 1. The number of hydrogen-bond donors (Lipinski definition) is 2. The van der Waals surface area contributed by atoms with Crippen molar-refractivity contribution in [2.24, 2.45) is 16.7 Å². The molecule has 3 N–H and O–H groups in total. The molecule has 0 spiro atoms. The van der Waals surface area contributed by atoms with Crippen LogP contribution < -0.4 is 5.73 Å². The average molecular weight is 396 g/mol. The number of aromatic hydroxyl groups is 1. The third-order valence-corrected chi connectivity index (χ3v) is 7.61. The van der Waals surface area contributed by atoms with Crippen molar-refractivity contribution in [3.8, 4) is 29.4 Å². The van der Waals surface area contributed by atoms with Crippen LogP contribution in [0.1, 0.15) is 69.1 Å². The zero-order valence-corrected chi connectivity index (χ0v) is 17.9. The number of nitrogens with two attached hydrogens (primary N) is 1. The lowest BCUT2D eigenvalue weighted by Gasteiger charge is -2.65. The van der Waals surface area contributed by atoms with Gasteiger partial charge in [-0.25, -0.2) is 0 Å². The van der Waals surface area contributed by atoms with E-state index in [1.54, 1.807) is 6.07 Å². The number of rotatable bonds is 1. The third kappa shape index (κ3) is 3.16. The molecule has 152 valence electrons. The van der Waals surface area contributed by atoms with Gasteiger partial charge in [0.25, 0.3) is 0 Å². The van der Waals surface area contributed by atoms with Crippen molar-refractivity contribution in [3.63, 3.8) is 0 Å². The summed E-state index contributed by atoms with van der Waals surface area (Å²) in [6.07, 6.45) is 7.30. The molecule has 4 saturated carbocycles. The summed E-state index contributed by atoms with van der Waals surface area (Å²) in [5.41, 5.74) is 10.1. The fraction of sp³-hybridized carbons (Fsp3) is 0.429. The van der Waals surface area contributed by atoms with Gasteiger partial charge in [-0.3, -0.25) is 0 Å². The lowest BCUT2D eigenvalue weighted by molar-refractivity contribution is -0.110. The standard InChI is InChI=1S/C28H29NO/c1-26-14-21-15-27(2,17-26)19-28(16-21,18-26)24-22(12-13-23(29)25(24)30)11-7-6-10-20-8-4-3-5-9-20/h3-5,8-9,12-13,21,30H,14-19,29H2,1-2H3. The zero-order valence-electron chi connectivity index (χ0n) is 17.9. The van der Waals surface area contributed by atoms with E-state index < -0.39 is 0 Å². The molecule has 0 aromatic heterocycles. The Kier molecular flexibility index (Phi) is 4.20. The van der Waals surface area contributed by atoms with E-state index in [0.29, 0.717) is 16.5 Å². The second-order valence-electron chi connectivity index (χ2n) is 10.7. The molecule has 0 amide bonds. The summed E-state index contributed by atoms with van der Waals surface area (Å²) in [6, 6.07) is 13.6.